The summed E-state index contributed by atoms with van der Waals surface area (Å²) in [5.74, 6) is 0. The lowest BCUT2D eigenvalue weighted by Crippen LogP contribution is -1.76. The maximum absolute atomic E-state index is 10.3. The van der Waals surface area contributed by atoms with Crippen molar-refractivity contribution >= 4 is 17.6 Å². The van der Waals surface area contributed by atoms with Crippen molar-refractivity contribution in [2.45, 2.75) is 13.8 Å². The summed E-state index contributed by atoms with van der Waals surface area (Å²) in [6, 6.07) is 0. The molecule has 1 aromatic heterocycles. The number of aryl methyl sites for hydroxylation is 1. The number of carbonyl (C=O) groups excluding carboxylic acids is 1. The van der Waals surface area contributed by atoms with Gasteiger partial charge in [-0.25, -0.2) is 0 Å². The maximum atomic E-state index is 10.3. The van der Waals surface area contributed by atoms with Crippen molar-refractivity contribution in [3.05, 3.63) is 21.4 Å². The molecule has 0 aliphatic carbocycles. The molecule has 0 aromatic carbocycles. The van der Waals surface area contributed by atoms with Gasteiger partial charge in [-0.15, -0.1) is 11.3 Å². The predicted octanol–water partition coefficient (Wildman–Crippen LogP) is 2.18. The Hall–Kier alpha value is -0.630. The zero-order chi connectivity index (χ0) is 6.85. The second-order valence-corrected chi connectivity index (χ2v) is 2.94. The van der Waals surface area contributed by atoms with E-state index in [-0.39, 0.29) is 0 Å². The Morgan fingerprint density at radius 1 is 1.56 bits per heavy atom. The molecular weight excluding hydrogens is 132 g/mol. The smallest absolute Gasteiger partial charge is 0.160 e. The minimum absolute atomic E-state index is 0.854. The van der Waals surface area contributed by atoms with E-state index in [0.29, 0.717) is 0 Å². The lowest BCUT2D eigenvalue weighted by molar-refractivity contribution is 0.112. The highest BCUT2D eigenvalue weighted by molar-refractivity contribution is 7.12. The third kappa shape index (κ3) is 1.03. The van der Waals surface area contributed by atoms with Crippen LogP contribution in [0.15, 0.2) is 5.38 Å². The standard InChI is InChI=1S/C7H8OS/c1-5-4-9-7(3-8)6(5)2/h3-4H,1-2H3. The number of aldehydes is 1. The van der Waals surface area contributed by atoms with Crippen molar-refractivity contribution in [3.63, 3.8) is 0 Å². The molecule has 0 amide bonds. The van der Waals surface area contributed by atoms with Crippen LogP contribution in [0.25, 0.3) is 0 Å². The lowest BCUT2D eigenvalue weighted by atomic mass is 10.2. The lowest BCUT2D eigenvalue weighted by Gasteiger charge is -1.85. The monoisotopic (exact) mass is 140 g/mol. The Bertz CT molecular complexity index is 225. The van der Waals surface area contributed by atoms with E-state index in [1.807, 2.05) is 19.2 Å². The van der Waals surface area contributed by atoms with E-state index in [4.69, 9.17) is 0 Å². The zero-order valence-corrected chi connectivity index (χ0v) is 6.29. The second kappa shape index (κ2) is 2.31. The molecule has 0 aliphatic heterocycles. The maximum Gasteiger partial charge on any atom is 0.160 e. The van der Waals surface area contributed by atoms with Crippen LogP contribution in [0.1, 0.15) is 20.8 Å². The van der Waals surface area contributed by atoms with Gasteiger partial charge in [0.05, 0.1) is 4.88 Å². The first kappa shape index (κ1) is 6.49. The Labute approximate surface area is 58.3 Å². The molecule has 1 nitrogen and oxygen atoms in total. The fraction of sp³-hybridized carbons (Fsp3) is 0.286. The topological polar surface area (TPSA) is 17.1 Å². The predicted molar refractivity (Wildman–Crippen MR) is 39.2 cm³/mol. The molecule has 0 atom stereocenters. The number of hydrogen-bond acceptors (Lipinski definition) is 2. The third-order valence-electron chi connectivity index (χ3n) is 1.43. The summed E-state index contributed by atoms with van der Waals surface area (Å²) < 4.78 is 0. The van der Waals surface area contributed by atoms with Gasteiger partial charge in [0.2, 0.25) is 0 Å². The van der Waals surface area contributed by atoms with E-state index in [1.54, 1.807) is 0 Å². The van der Waals surface area contributed by atoms with Gasteiger partial charge >= 0.3 is 0 Å². The molecule has 0 bridgehead atoms. The Kier molecular flexibility index (Phi) is 1.67. The van der Waals surface area contributed by atoms with Crippen molar-refractivity contribution in [3.8, 4) is 0 Å². The van der Waals surface area contributed by atoms with Gasteiger partial charge in [0, 0.05) is 0 Å². The Morgan fingerprint density at radius 2 is 2.22 bits per heavy atom. The molecule has 2 heteroatoms. The number of hydrogen-bond donors (Lipinski definition) is 0. The van der Waals surface area contributed by atoms with Crippen molar-refractivity contribution in [2.24, 2.45) is 0 Å². The molecule has 0 radical (unpaired) electrons. The highest BCUT2D eigenvalue weighted by Gasteiger charge is 2.00. The molecule has 0 saturated carbocycles. The summed E-state index contributed by atoms with van der Waals surface area (Å²) in [5.41, 5.74) is 2.33. The van der Waals surface area contributed by atoms with Crippen LogP contribution in [0, 0.1) is 13.8 Å². The molecule has 1 aromatic rings. The summed E-state index contributed by atoms with van der Waals surface area (Å²) >= 11 is 1.51. The summed E-state index contributed by atoms with van der Waals surface area (Å²) in [7, 11) is 0. The third-order valence-corrected chi connectivity index (χ3v) is 2.56. The first-order valence-corrected chi connectivity index (χ1v) is 3.63. The summed E-state index contributed by atoms with van der Waals surface area (Å²) in [4.78, 5) is 11.1. The van der Waals surface area contributed by atoms with Crippen LogP contribution in [0.2, 0.25) is 0 Å². The molecule has 0 unspecified atom stereocenters. The molecule has 9 heavy (non-hydrogen) atoms. The fourth-order valence-corrected chi connectivity index (χ4v) is 1.51. The van der Waals surface area contributed by atoms with Crippen LogP contribution >= 0.6 is 11.3 Å². The van der Waals surface area contributed by atoms with E-state index in [0.717, 1.165) is 16.7 Å². The van der Waals surface area contributed by atoms with Crippen LogP contribution < -0.4 is 0 Å². The first-order valence-electron chi connectivity index (χ1n) is 2.75. The van der Waals surface area contributed by atoms with Crippen molar-refractivity contribution in [2.75, 3.05) is 0 Å². The highest BCUT2D eigenvalue weighted by Crippen LogP contribution is 2.17. The molecule has 0 N–H and O–H groups in total. The van der Waals surface area contributed by atoms with Crippen LogP contribution in [-0.4, -0.2) is 6.29 Å². The van der Waals surface area contributed by atoms with Crippen LogP contribution in [0.5, 0.6) is 0 Å². The highest BCUT2D eigenvalue weighted by atomic mass is 32.1. The van der Waals surface area contributed by atoms with E-state index in [9.17, 15) is 4.79 Å². The van der Waals surface area contributed by atoms with Gasteiger partial charge in [-0.3, -0.25) is 4.79 Å². The van der Waals surface area contributed by atoms with Gasteiger partial charge in [0.15, 0.2) is 6.29 Å². The number of rotatable bonds is 1. The van der Waals surface area contributed by atoms with Crippen LogP contribution in [0.4, 0.5) is 0 Å². The Balaban J connectivity index is 3.18. The minimum Gasteiger partial charge on any atom is -0.297 e. The van der Waals surface area contributed by atoms with E-state index >= 15 is 0 Å². The fourth-order valence-electron chi connectivity index (χ4n) is 0.639. The number of thiophene rings is 1. The zero-order valence-electron chi connectivity index (χ0n) is 5.47. The second-order valence-electron chi connectivity index (χ2n) is 2.03. The normalized spacial score (nSPS) is 9.56. The average molecular weight is 140 g/mol. The van der Waals surface area contributed by atoms with Crippen molar-refractivity contribution in [1.29, 1.82) is 0 Å². The number of carbonyl (C=O) groups is 1. The SMILES string of the molecule is Cc1csc(C=O)c1C. The summed E-state index contributed by atoms with van der Waals surface area (Å²) in [5, 5.41) is 2.00. The van der Waals surface area contributed by atoms with Gasteiger partial charge in [-0.2, -0.15) is 0 Å². The Morgan fingerprint density at radius 3 is 2.44 bits per heavy atom. The molecule has 0 saturated heterocycles. The summed E-state index contributed by atoms with van der Waals surface area (Å²) in [6.07, 6.45) is 0.910. The average Bonchev–Trinajstić information content (AvgIpc) is 2.15. The molecule has 0 aliphatic rings. The van der Waals surface area contributed by atoms with Gasteiger partial charge in [0.1, 0.15) is 0 Å². The minimum atomic E-state index is 0.854. The van der Waals surface area contributed by atoms with Gasteiger partial charge in [-0.05, 0) is 30.4 Å². The van der Waals surface area contributed by atoms with Gasteiger partial charge in [-0.1, -0.05) is 0 Å². The van der Waals surface area contributed by atoms with Gasteiger partial charge in [0.25, 0.3) is 0 Å². The molecule has 0 fully saturated rings. The van der Waals surface area contributed by atoms with E-state index < -0.39 is 0 Å². The molecular formula is C7H8OS. The molecule has 1 heterocycles. The quantitative estimate of drug-likeness (QED) is 0.546. The first-order chi connectivity index (χ1) is 4.25. The van der Waals surface area contributed by atoms with Crippen molar-refractivity contribution in [1.82, 2.24) is 0 Å². The van der Waals surface area contributed by atoms with Crippen LogP contribution in [0.3, 0.4) is 0 Å². The van der Waals surface area contributed by atoms with E-state index in [1.165, 1.54) is 16.9 Å². The molecule has 1 rings (SSSR count). The molecule has 0 spiro atoms. The van der Waals surface area contributed by atoms with E-state index in [2.05, 4.69) is 0 Å². The summed E-state index contributed by atoms with van der Waals surface area (Å²) in [6.45, 7) is 3.98. The van der Waals surface area contributed by atoms with Crippen LogP contribution in [-0.2, 0) is 0 Å². The van der Waals surface area contributed by atoms with Crippen molar-refractivity contribution < 1.29 is 4.79 Å². The molecule has 48 valence electrons. The largest absolute Gasteiger partial charge is 0.297 e. The van der Waals surface area contributed by atoms with Gasteiger partial charge < -0.3 is 0 Å².